The number of carboxylic acids is 1. The van der Waals surface area contributed by atoms with Gasteiger partial charge in [-0.3, -0.25) is 9.59 Å². The van der Waals surface area contributed by atoms with Gasteiger partial charge in [-0.25, -0.2) is 0 Å². The molecule has 1 amide bonds. The smallest absolute Gasteiger partial charge is 0.397 e. The lowest BCUT2D eigenvalue weighted by atomic mass is 9.95. The van der Waals surface area contributed by atoms with Crippen LogP contribution in [0.5, 0.6) is 0 Å². The van der Waals surface area contributed by atoms with E-state index in [0.29, 0.717) is 24.6 Å². The van der Waals surface area contributed by atoms with Crippen molar-refractivity contribution in [1.29, 1.82) is 0 Å². The maximum atomic E-state index is 12.0. The van der Waals surface area contributed by atoms with Crippen molar-refractivity contribution in [3.8, 4) is 0 Å². The van der Waals surface area contributed by atoms with Crippen molar-refractivity contribution >= 4 is 23.6 Å². The van der Waals surface area contributed by atoms with Crippen LogP contribution in [-0.2, 0) is 9.59 Å². The lowest BCUT2D eigenvalue weighted by Crippen LogP contribution is -2.43. The highest BCUT2D eigenvalue weighted by atomic mass is 32.2. The van der Waals surface area contributed by atoms with E-state index in [1.807, 2.05) is 0 Å². The Bertz CT molecular complexity index is 349. The van der Waals surface area contributed by atoms with Crippen molar-refractivity contribution in [3.63, 3.8) is 0 Å². The molecule has 0 bridgehead atoms. The number of alkyl halides is 3. The van der Waals surface area contributed by atoms with E-state index in [1.165, 1.54) is 0 Å². The van der Waals surface area contributed by atoms with Crippen LogP contribution in [0, 0.1) is 5.92 Å². The first-order valence-electron chi connectivity index (χ1n) is 6.46. The highest BCUT2D eigenvalue weighted by Crippen LogP contribution is 2.24. The number of nitrogens with one attached hydrogen (secondary N) is 1. The van der Waals surface area contributed by atoms with Crippen molar-refractivity contribution in [1.82, 2.24) is 5.32 Å². The van der Waals surface area contributed by atoms with E-state index < -0.39 is 35.8 Å². The van der Waals surface area contributed by atoms with Gasteiger partial charge in [-0.2, -0.15) is 13.2 Å². The molecule has 8 heteroatoms. The van der Waals surface area contributed by atoms with Crippen molar-refractivity contribution in [2.45, 2.75) is 44.3 Å². The molecule has 1 aliphatic carbocycles. The molecule has 4 nitrogen and oxygen atoms in total. The maximum Gasteiger partial charge on any atom is 0.397 e. The summed E-state index contributed by atoms with van der Waals surface area (Å²) in [6.07, 6.45) is -0.699. The molecule has 2 atom stereocenters. The summed E-state index contributed by atoms with van der Waals surface area (Å²) < 4.78 is 35.9. The molecule has 1 fully saturated rings. The van der Waals surface area contributed by atoms with Gasteiger partial charge in [0, 0.05) is 6.04 Å². The Morgan fingerprint density at radius 3 is 2.45 bits per heavy atom. The van der Waals surface area contributed by atoms with E-state index in [2.05, 4.69) is 5.32 Å². The van der Waals surface area contributed by atoms with Crippen LogP contribution in [0.15, 0.2) is 0 Å². The van der Waals surface area contributed by atoms with Crippen LogP contribution in [0.1, 0.15) is 32.1 Å². The van der Waals surface area contributed by atoms with E-state index in [1.54, 1.807) is 0 Å². The standard InChI is InChI=1S/C12H18F3NO3S/c13-12(14,15)7-20-6-10(17)16-9-5-3-1-2-4-8(9)11(18)19/h8-9H,1-7H2,(H,16,17)(H,18,19)/t8-,9+/m1/s1. The largest absolute Gasteiger partial charge is 0.481 e. The Morgan fingerprint density at radius 2 is 1.85 bits per heavy atom. The predicted octanol–water partition coefficient (Wildman–Crippen LogP) is 2.43. The number of carbonyl (C=O) groups is 2. The first kappa shape index (κ1) is 17.1. The van der Waals surface area contributed by atoms with E-state index in [0.717, 1.165) is 19.3 Å². The summed E-state index contributed by atoms with van der Waals surface area (Å²) >= 11 is 0.487. The summed E-state index contributed by atoms with van der Waals surface area (Å²) in [5.74, 6) is -3.51. The molecule has 116 valence electrons. The maximum absolute atomic E-state index is 12.0. The summed E-state index contributed by atoms with van der Waals surface area (Å²) in [5.41, 5.74) is 0. The molecule has 1 rings (SSSR count). The average Bonchev–Trinajstić information content (AvgIpc) is 2.52. The van der Waals surface area contributed by atoms with Gasteiger partial charge in [0.2, 0.25) is 5.91 Å². The summed E-state index contributed by atoms with van der Waals surface area (Å²) in [4.78, 5) is 22.7. The van der Waals surface area contributed by atoms with Crippen LogP contribution in [0.2, 0.25) is 0 Å². The van der Waals surface area contributed by atoms with Crippen LogP contribution < -0.4 is 5.32 Å². The number of amides is 1. The van der Waals surface area contributed by atoms with Gasteiger partial charge in [-0.15, -0.1) is 11.8 Å². The van der Waals surface area contributed by atoms with Crippen LogP contribution >= 0.6 is 11.8 Å². The molecule has 0 saturated heterocycles. The molecule has 20 heavy (non-hydrogen) atoms. The van der Waals surface area contributed by atoms with Crippen molar-refractivity contribution in [2.24, 2.45) is 5.92 Å². The number of aliphatic carboxylic acids is 1. The Balaban J connectivity index is 2.43. The fourth-order valence-corrected chi connectivity index (χ4v) is 2.89. The third kappa shape index (κ3) is 6.49. The normalized spacial score (nSPS) is 23.9. The molecular weight excluding hydrogens is 295 g/mol. The zero-order valence-electron chi connectivity index (χ0n) is 10.9. The van der Waals surface area contributed by atoms with E-state index in [4.69, 9.17) is 5.11 Å². The highest BCUT2D eigenvalue weighted by Gasteiger charge is 2.31. The molecular formula is C12H18F3NO3S. The second-order valence-electron chi connectivity index (χ2n) is 4.86. The van der Waals surface area contributed by atoms with Crippen LogP contribution in [0.3, 0.4) is 0 Å². The zero-order valence-corrected chi connectivity index (χ0v) is 11.7. The topological polar surface area (TPSA) is 66.4 Å². The quantitative estimate of drug-likeness (QED) is 0.765. The Labute approximate surface area is 119 Å². The second-order valence-corrected chi connectivity index (χ2v) is 5.85. The third-order valence-electron chi connectivity index (χ3n) is 3.18. The number of rotatable bonds is 5. The lowest BCUT2D eigenvalue weighted by molar-refractivity contribution is -0.143. The number of carbonyl (C=O) groups excluding carboxylic acids is 1. The summed E-state index contributed by atoms with van der Waals surface area (Å²) in [5, 5.41) is 11.7. The van der Waals surface area contributed by atoms with E-state index >= 15 is 0 Å². The van der Waals surface area contributed by atoms with Gasteiger partial charge < -0.3 is 10.4 Å². The highest BCUT2D eigenvalue weighted by molar-refractivity contribution is 8.00. The third-order valence-corrected chi connectivity index (χ3v) is 4.18. The first-order chi connectivity index (χ1) is 9.29. The fraction of sp³-hybridized carbons (Fsp3) is 0.833. The lowest BCUT2D eigenvalue weighted by Gasteiger charge is -2.22. The van der Waals surface area contributed by atoms with Gasteiger partial charge in [0.15, 0.2) is 0 Å². The van der Waals surface area contributed by atoms with Crippen molar-refractivity contribution in [2.75, 3.05) is 11.5 Å². The summed E-state index contributed by atoms with van der Waals surface area (Å²) in [6, 6.07) is -0.478. The minimum atomic E-state index is -4.29. The van der Waals surface area contributed by atoms with Crippen LogP contribution in [0.25, 0.3) is 0 Å². The predicted molar refractivity (Wildman–Crippen MR) is 69.5 cm³/mol. The van der Waals surface area contributed by atoms with E-state index in [9.17, 15) is 22.8 Å². The van der Waals surface area contributed by atoms with Crippen LogP contribution in [0.4, 0.5) is 13.2 Å². The Morgan fingerprint density at radius 1 is 1.20 bits per heavy atom. The Hall–Kier alpha value is -0.920. The minimum absolute atomic E-state index is 0.303. The molecule has 1 saturated carbocycles. The van der Waals surface area contributed by atoms with Gasteiger partial charge in [-0.05, 0) is 12.8 Å². The van der Waals surface area contributed by atoms with Gasteiger partial charge in [0.05, 0.1) is 17.4 Å². The van der Waals surface area contributed by atoms with Gasteiger partial charge in [0.25, 0.3) is 0 Å². The van der Waals surface area contributed by atoms with Gasteiger partial charge in [-0.1, -0.05) is 19.3 Å². The fourth-order valence-electron chi connectivity index (χ4n) is 2.28. The first-order valence-corrected chi connectivity index (χ1v) is 7.62. The number of thioether (sulfide) groups is 1. The molecule has 0 spiro atoms. The molecule has 2 N–H and O–H groups in total. The van der Waals surface area contributed by atoms with Gasteiger partial charge >= 0.3 is 12.1 Å². The summed E-state index contributed by atoms with van der Waals surface area (Å²) in [6.45, 7) is 0. The van der Waals surface area contributed by atoms with Crippen LogP contribution in [-0.4, -0.2) is 40.7 Å². The van der Waals surface area contributed by atoms with Crippen molar-refractivity contribution < 1.29 is 27.9 Å². The number of halogens is 3. The number of hydrogen-bond acceptors (Lipinski definition) is 3. The average molecular weight is 313 g/mol. The molecule has 0 radical (unpaired) electrons. The molecule has 0 aromatic rings. The summed E-state index contributed by atoms with van der Waals surface area (Å²) in [7, 11) is 0. The monoisotopic (exact) mass is 313 g/mol. The van der Waals surface area contributed by atoms with Crippen molar-refractivity contribution in [3.05, 3.63) is 0 Å². The molecule has 0 aromatic heterocycles. The van der Waals surface area contributed by atoms with Gasteiger partial charge in [0.1, 0.15) is 0 Å². The Kier molecular flexibility index (Phi) is 6.64. The zero-order chi connectivity index (χ0) is 15.2. The molecule has 0 aliphatic heterocycles. The van der Waals surface area contributed by atoms with E-state index in [-0.39, 0.29) is 5.75 Å². The molecule has 0 unspecified atom stereocenters. The second kappa shape index (κ2) is 7.75. The molecule has 0 aromatic carbocycles. The number of carboxylic acid groups (broad SMARTS) is 1. The minimum Gasteiger partial charge on any atom is -0.481 e. The number of hydrogen-bond donors (Lipinski definition) is 2. The molecule has 0 heterocycles. The SMILES string of the molecule is O=C(CSCC(F)(F)F)N[C@H]1CCCCC[C@H]1C(=O)O. The molecule has 1 aliphatic rings.